The van der Waals surface area contributed by atoms with Gasteiger partial charge in [-0.05, 0) is 30.5 Å². The smallest absolute Gasteiger partial charge is 0.144 e. The fourth-order valence-corrected chi connectivity index (χ4v) is 2.87. The summed E-state index contributed by atoms with van der Waals surface area (Å²) < 4.78 is 13.0. The van der Waals surface area contributed by atoms with E-state index in [0.717, 1.165) is 31.2 Å². The number of carbonyl (C=O) groups excluding carboxylic acids is 1. The normalized spacial score (nSPS) is 17.9. The van der Waals surface area contributed by atoms with Crippen LogP contribution in [0.3, 0.4) is 0 Å². The first-order valence-corrected chi connectivity index (χ1v) is 6.62. The van der Waals surface area contributed by atoms with Crippen LogP contribution < -0.4 is 5.73 Å². The Labute approximate surface area is 111 Å². The van der Waals surface area contributed by atoms with Gasteiger partial charge in [-0.15, -0.1) is 0 Å². The first-order valence-electron chi connectivity index (χ1n) is 6.25. The van der Waals surface area contributed by atoms with E-state index in [4.69, 9.17) is 17.3 Å². The van der Waals surface area contributed by atoms with Crippen LogP contribution in [-0.4, -0.2) is 12.3 Å². The van der Waals surface area contributed by atoms with Crippen molar-refractivity contribution in [3.8, 4) is 0 Å². The van der Waals surface area contributed by atoms with Gasteiger partial charge in [0.15, 0.2) is 0 Å². The molecule has 0 amide bonds. The molecule has 0 bridgehead atoms. The lowest BCUT2D eigenvalue weighted by molar-refractivity contribution is -0.127. The third-order valence-electron chi connectivity index (χ3n) is 3.89. The minimum atomic E-state index is -0.456. The monoisotopic (exact) mass is 269 g/mol. The van der Waals surface area contributed by atoms with E-state index in [-0.39, 0.29) is 22.6 Å². The number of hydrogen-bond donors (Lipinski definition) is 1. The molecule has 0 aromatic heterocycles. The molecule has 1 aliphatic carbocycles. The zero-order valence-corrected chi connectivity index (χ0v) is 11.0. The Morgan fingerprint density at radius 3 is 2.61 bits per heavy atom. The van der Waals surface area contributed by atoms with Crippen LogP contribution in [0.5, 0.6) is 0 Å². The highest BCUT2D eigenvalue weighted by Crippen LogP contribution is 2.38. The van der Waals surface area contributed by atoms with Crippen LogP contribution in [0.4, 0.5) is 4.39 Å². The first-order chi connectivity index (χ1) is 8.57. The summed E-state index contributed by atoms with van der Waals surface area (Å²) >= 11 is 5.71. The summed E-state index contributed by atoms with van der Waals surface area (Å²) in [5.41, 5.74) is 6.17. The Bertz CT molecular complexity index is 455. The van der Waals surface area contributed by atoms with Crippen molar-refractivity contribution < 1.29 is 9.18 Å². The van der Waals surface area contributed by atoms with Gasteiger partial charge in [-0.3, -0.25) is 4.79 Å². The molecule has 1 aromatic rings. The van der Waals surface area contributed by atoms with Gasteiger partial charge in [-0.1, -0.05) is 30.5 Å². The maximum Gasteiger partial charge on any atom is 0.144 e. The second-order valence-corrected chi connectivity index (χ2v) is 5.45. The van der Waals surface area contributed by atoms with E-state index in [0.29, 0.717) is 6.54 Å². The molecule has 1 fully saturated rings. The molecular formula is C14H17ClFNO. The van der Waals surface area contributed by atoms with Gasteiger partial charge in [0.05, 0.1) is 5.02 Å². The minimum absolute atomic E-state index is 0.0634. The zero-order chi connectivity index (χ0) is 13.2. The lowest BCUT2D eigenvalue weighted by Gasteiger charge is -2.25. The van der Waals surface area contributed by atoms with Gasteiger partial charge in [0.1, 0.15) is 11.6 Å². The van der Waals surface area contributed by atoms with Crippen LogP contribution >= 0.6 is 11.6 Å². The van der Waals surface area contributed by atoms with Gasteiger partial charge in [0.25, 0.3) is 0 Å². The van der Waals surface area contributed by atoms with Crippen molar-refractivity contribution in [2.24, 2.45) is 11.1 Å². The molecule has 0 heterocycles. The van der Waals surface area contributed by atoms with E-state index in [1.165, 1.54) is 12.1 Å². The van der Waals surface area contributed by atoms with Crippen LogP contribution in [-0.2, 0) is 11.2 Å². The highest BCUT2D eigenvalue weighted by molar-refractivity contribution is 6.30. The number of nitrogens with two attached hydrogens (primary N) is 1. The van der Waals surface area contributed by atoms with E-state index in [1.54, 1.807) is 6.07 Å². The van der Waals surface area contributed by atoms with Gasteiger partial charge in [0, 0.05) is 18.4 Å². The van der Waals surface area contributed by atoms with Crippen LogP contribution in [0.25, 0.3) is 0 Å². The van der Waals surface area contributed by atoms with Gasteiger partial charge in [-0.2, -0.15) is 0 Å². The third-order valence-corrected chi connectivity index (χ3v) is 4.18. The molecule has 1 aromatic carbocycles. The second kappa shape index (κ2) is 5.37. The summed E-state index contributed by atoms with van der Waals surface area (Å²) in [5, 5.41) is 0.0634. The maximum atomic E-state index is 13.0. The lowest BCUT2D eigenvalue weighted by atomic mass is 9.79. The van der Waals surface area contributed by atoms with Crippen LogP contribution in [0.2, 0.25) is 5.02 Å². The molecule has 18 heavy (non-hydrogen) atoms. The molecule has 0 radical (unpaired) electrons. The molecule has 2 N–H and O–H groups in total. The fraction of sp³-hybridized carbons (Fsp3) is 0.500. The molecule has 0 unspecified atom stereocenters. The van der Waals surface area contributed by atoms with E-state index in [1.807, 2.05) is 0 Å². The number of benzene rings is 1. The predicted molar refractivity (Wildman–Crippen MR) is 70.1 cm³/mol. The van der Waals surface area contributed by atoms with Gasteiger partial charge >= 0.3 is 0 Å². The standard InChI is InChI=1S/C14H17ClFNO/c15-11-7-10(3-4-12(11)16)8-13(18)14(9-17)5-1-2-6-14/h3-4,7H,1-2,5-6,8-9,17H2. The third kappa shape index (κ3) is 2.57. The van der Waals surface area contributed by atoms with Crippen molar-refractivity contribution in [2.45, 2.75) is 32.1 Å². The van der Waals surface area contributed by atoms with Crippen molar-refractivity contribution in [1.29, 1.82) is 0 Å². The number of carbonyl (C=O) groups is 1. The molecule has 4 heteroatoms. The predicted octanol–water partition coefficient (Wildman–Crippen LogP) is 3.11. The summed E-state index contributed by atoms with van der Waals surface area (Å²) in [4.78, 5) is 12.3. The summed E-state index contributed by atoms with van der Waals surface area (Å²) in [6.45, 7) is 0.404. The van der Waals surface area contributed by atoms with E-state index < -0.39 is 5.82 Å². The maximum absolute atomic E-state index is 13.0. The summed E-state index contributed by atoms with van der Waals surface area (Å²) in [7, 11) is 0. The molecule has 2 nitrogen and oxygen atoms in total. The Balaban J connectivity index is 2.13. The Kier molecular flexibility index (Phi) is 4.03. The fourth-order valence-electron chi connectivity index (χ4n) is 2.67. The molecule has 1 saturated carbocycles. The van der Waals surface area contributed by atoms with Gasteiger partial charge in [-0.25, -0.2) is 4.39 Å². The number of Topliss-reactive ketones (excluding diaryl/α,β-unsaturated/α-hetero) is 1. The molecule has 1 aliphatic rings. The highest BCUT2D eigenvalue weighted by atomic mass is 35.5. The van der Waals surface area contributed by atoms with Crippen molar-refractivity contribution in [2.75, 3.05) is 6.54 Å². The minimum Gasteiger partial charge on any atom is -0.329 e. The summed E-state index contributed by atoms with van der Waals surface area (Å²) in [6.07, 6.45) is 4.16. The summed E-state index contributed by atoms with van der Waals surface area (Å²) in [5.74, 6) is -0.299. The number of hydrogen-bond acceptors (Lipinski definition) is 2. The van der Waals surface area contributed by atoms with Gasteiger partial charge < -0.3 is 5.73 Å². The largest absolute Gasteiger partial charge is 0.329 e. The average molecular weight is 270 g/mol. The SMILES string of the molecule is NCC1(C(=O)Cc2ccc(F)c(Cl)c2)CCCC1. The molecule has 0 atom stereocenters. The zero-order valence-electron chi connectivity index (χ0n) is 10.2. The van der Waals surface area contributed by atoms with E-state index >= 15 is 0 Å². The Morgan fingerprint density at radius 1 is 1.39 bits per heavy atom. The van der Waals surface area contributed by atoms with Crippen LogP contribution in [0.15, 0.2) is 18.2 Å². The molecule has 0 spiro atoms. The number of rotatable bonds is 4. The second-order valence-electron chi connectivity index (χ2n) is 5.04. The van der Waals surface area contributed by atoms with Crippen LogP contribution in [0, 0.1) is 11.2 Å². The first kappa shape index (κ1) is 13.5. The van der Waals surface area contributed by atoms with Crippen molar-refractivity contribution in [1.82, 2.24) is 0 Å². The molecule has 0 saturated heterocycles. The number of halogens is 2. The van der Waals surface area contributed by atoms with Crippen molar-refractivity contribution in [3.63, 3.8) is 0 Å². The summed E-state index contributed by atoms with van der Waals surface area (Å²) in [6, 6.07) is 4.43. The van der Waals surface area contributed by atoms with E-state index in [2.05, 4.69) is 0 Å². The van der Waals surface area contributed by atoms with E-state index in [9.17, 15) is 9.18 Å². The lowest BCUT2D eigenvalue weighted by Crippen LogP contribution is -2.37. The van der Waals surface area contributed by atoms with Crippen molar-refractivity contribution >= 4 is 17.4 Å². The van der Waals surface area contributed by atoms with Gasteiger partial charge in [0.2, 0.25) is 0 Å². The topological polar surface area (TPSA) is 43.1 Å². The Morgan fingerprint density at radius 2 is 2.06 bits per heavy atom. The molecular weight excluding hydrogens is 253 g/mol. The quantitative estimate of drug-likeness (QED) is 0.913. The van der Waals surface area contributed by atoms with Crippen LogP contribution in [0.1, 0.15) is 31.2 Å². The number of ketones is 1. The molecule has 2 rings (SSSR count). The average Bonchev–Trinajstić information content (AvgIpc) is 2.84. The molecule has 0 aliphatic heterocycles. The molecule has 98 valence electrons. The highest BCUT2D eigenvalue weighted by Gasteiger charge is 2.39. The Hall–Kier alpha value is -0.930. The van der Waals surface area contributed by atoms with Crippen molar-refractivity contribution in [3.05, 3.63) is 34.6 Å².